The molecular formula is C21H17ClN2O3S2. The zero-order chi connectivity index (χ0) is 20.4. The van der Waals surface area contributed by atoms with Crippen LogP contribution in [0.15, 0.2) is 35.7 Å². The summed E-state index contributed by atoms with van der Waals surface area (Å²) in [5.74, 6) is 0.779. The topological polar surface area (TPSA) is 69.2 Å². The predicted octanol–water partition coefficient (Wildman–Crippen LogP) is 5.49. The van der Waals surface area contributed by atoms with Gasteiger partial charge in [0.25, 0.3) is 0 Å². The number of ether oxygens (including phenoxy) is 1. The largest absolute Gasteiger partial charge is 0.488 e. The number of halogens is 1. The maximum Gasteiger partial charge on any atom is 0.169 e. The van der Waals surface area contributed by atoms with E-state index in [4.69, 9.17) is 16.3 Å². The molecule has 0 amide bonds. The molecule has 8 heteroatoms. The highest BCUT2D eigenvalue weighted by molar-refractivity contribution is 7.17. The average Bonchev–Trinajstić information content (AvgIpc) is 3.44. The SMILES string of the molecule is CC(=O)c1ccc(-c2cc(Cl)c3c(c2)CC(CCC(=O)/C=C/c2csnn2)O3)s1. The van der Waals surface area contributed by atoms with E-state index in [1.807, 2.05) is 18.2 Å². The lowest BCUT2D eigenvalue weighted by molar-refractivity contribution is -0.115. The van der Waals surface area contributed by atoms with Crippen LogP contribution >= 0.6 is 34.5 Å². The molecule has 0 saturated carbocycles. The second-order valence-corrected chi connectivity index (χ2v) is 8.88. The highest BCUT2D eigenvalue weighted by atomic mass is 35.5. The number of carbonyl (C=O) groups is 2. The Morgan fingerprint density at radius 2 is 2.21 bits per heavy atom. The summed E-state index contributed by atoms with van der Waals surface area (Å²) in [5, 5.41) is 6.22. The molecule has 1 atom stereocenters. The standard InChI is InChI=1S/C21H17ClN2O3S2/c1-12(25)19-6-7-20(29-19)13-8-14-9-17(27-21(14)18(22)10-13)5-4-16(26)3-2-15-11-28-24-23-15/h2-3,6-8,10-11,17H,4-5,9H2,1H3/b3-2+. The number of Topliss-reactive ketones (excluding diaryl/α,β-unsaturated/α-hetero) is 1. The number of ketones is 2. The summed E-state index contributed by atoms with van der Waals surface area (Å²) >= 11 is 9.16. The second-order valence-electron chi connectivity index (χ2n) is 6.78. The first-order chi connectivity index (χ1) is 14.0. The van der Waals surface area contributed by atoms with E-state index in [1.54, 1.807) is 18.4 Å². The third-order valence-corrected chi connectivity index (χ3v) is 6.66. The quantitative estimate of drug-likeness (QED) is 0.356. The van der Waals surface area contributed by atoms with Crippen LogP contribution in [0.25, 0.3) is 16.5 Å². The van der Waals surface area contributed by atoms with Crippen LogP contribution in [0.5, 0.6) is 5.75 Å². The first kappa shape index (κ1) is 19.9. The van der Waals surface area contributed by atoms with Crippen molar-refractivity contribution in [3.63, 3.8) is 0 Å². The van der Waals surface area contributed by atoms with Crippen LogP contribution in [0.3, 0.4) is 0 Å². The lowest BCUT2D eigenvalue weighted by Crippen LogP contribution is -2.14. The average molecular weight is 445 g/mol. The van der Waals surface area contributed by atoms with Crippen molar-refractivity contribution < 1.29 is 14.3 Å². The number of carbonyl (C=O) groups excluding carboxylic acids is 2. The van der Waals surface area contributed by atoms with Gasteiger partial charge in [0, 0.05) is 28.7 Å². The summed E-state index contributed by atoms with van der Waals surface area (Å²) in [6, 6.07) is 7.71. The molecule has 1 aliphatic rings. The molecule has 3 heterocycles. The molecule has 0 aliphatic carbocycles. The fourth-order valence-electron chi connectivity index (χ4n) is 3.18. The normalized spacial score (nSPS) is 15.4. The highest BCUT2D eigenvalue weighted by Gasteiger charge is 2.26. The second kappa shape index (κ2) is 8.57. The Hall–Kier alpha value is -2.35. The van der Waals surface area contributed by atoms with E-state index in [9.17, 15) is 9.59 Å². The van der Waals surface area contributed by atoms with Gasteiger partial charge < -0.3 is 4.74 Å². The molecule has 0 bridgehead atoms. The van der Waals surface area contributed by atoms with Gasteiger partial charge in [0.1, 0.15) is 11.9 Å². The monoisotopic (exact) mass is 444 g/mol. The number of aromatic nitrogens is 2. The fraction of sp³-hybridized carbons (Fsp3) is 0.238. The van der Waals surface area contributed by atoms with Gasteiger partial charge in [0.05, 0.1) is 15.6 Å². The Labute approximate surface area is 181 Å². The molecule has 1 aliphatic heterocycles. The lowest BCUT2D eigenvalue weighted by atomic mass is 10.0. The van der Waals surface area contributed by atoms with Gasteiger partial charge in [-0.2, -0.15) is 0 Å². The number of hydrogen-bond donors (Lipinski definition) is 0. The molecule has 29 heavy (non-hydrogen) atoms. The maximum atomic E-state index is 12.1. The summed E-state index contributed by atoms with van der Waals surface area (Å²) in [7, 11) is 0. The van der Waals surface area contributed by atoms with E-state index < -0.39 is 0 Å². The number of hydrogen-bond acceptors (Lipinski definition) is 7. The third-order valence-electron chi connectivity index (χ3n) is 4.62. The Kier molecular flexibility index (Phi) is 5.89. The molecule has 4 rings (SSSR count). The van der Waals surface area contributed by atoms with Gasteiger partial charge in [-0.3, -0.25) is 9.59 Å². The molecule has 1 aromatic carbocycles. The molecule has 0 radical (unpaired) electrons. The molecule has 5 nitrogen and oxygen atoms in total. The van der Waals surface area contributed by atoms with Crippen molar-refractivity contribution in [3.8, 4) is 16.2 Å². The first-order valence-corrected chi connectivity index (χ1v) is 11.1. The molecule has 2 aromatic heterocycles. The van der Waals surface area contributed by atoms with Gasteiger partial charge in [0.2, 0.25) is 0 Å². The van der Waals surface area contributed by atoms with E-state index in [2.05, 4.69) is 15.7 Å². The van der Waals surface area contributed by atoms with Crippen LogP contribution in [-0.2, 0) is 11.2 Å². The number of nitrogens with zero attached hydrogens (tertiary/aromatic N) is 2. The van der Waals surface area contributed by atoms with E-state index in [-0.39, 0.29) is 17.7 Å². The van der Waals surface area contributed by atoms with Crippen molar-refractivity contribution in [2.24, 2.45) is 0 Å². The third kappa shape index (κ3) is 4.63. The lowest BCUT2D eigenvalue weighted by Gasteiger charge is -2.10. The van der Waals surface area contributed by atoms with E-state index >= 15 is 0 Å². The van der Waals surface area contributed by atoms with Gasteiger partial charge in [-0.05, 0) is 66.9 Å². The minimum atomic E-state index is -0.0767. The summed E-state index contributed by atoms with van der Waals surface area (Å²) in [6.45, 7) is 1.56. The number of fused-ring (bicyclic) bond motifs is 1. The highest BCUT2D eigenvalue weighted by Crippen LogP contribution is 2.41. The van der Waals surface area contributed by atoms with Crippen molar-refractivity contribution in [2.45, 2.75) is 32.3 Å². The van der Waals surface area contributed by atoms with Crippen molar-refractivity contribution in [3.05, 3.63) is 56.9 Å². The fourth-order valence-corrected chi connectivity index (χ4v) is 4.78. The Balaban J connectivity index is 1.40. The zero-order valence-corrected chi connectivity index (χ0v) is 17.9. The zero-order valence-electron chi connectivity index (χ0n) is 15.6. The molecule has 0 N–H and O–H groups in total. The minimum Gasteiger partial charge on any atom is -0.488 e. The maximum absolute atomic E-state index is 12.1. The molecule has 1 unspecified atom stereocenters. The number of thiophene rings is 1. The van der Waals surface area contributed by atoms with Crippen LogP contribution in [0.1, 0.15) is 40.7 Å². The van der Waals surface area contributed by atoms with Crippen LogP contribution in [0, 0.1) is 0 Å². The molecule has 0 fully saturated rings. The van der Waals surface area contributed by atoms with Crippen LogP contribution < -0.4 is 4.74 Å². The summed E-state index contributed by atoms with van der Waals surface area (Å²) in [5.41, 5.74) is 2.70. The van der Waals surface area contributed by atoms with Crippen molar-refractivity contribution in [2.75, 3.05) is 0 Å². The van der Waals surface area contributed by atoms with Gasteiger partial charge >= 0.3 is 0 Å². The molecule has 0 saturated heterocycles. The van der Waals surface area contributed by atoms with Gasteiger partial charge in [-0.25, -0.2) is 0 Å². The number of rotatable bonds is 7. The van der Waals surface area contributed by atoms with Crippen LogP contribution in [0.4, 0.5) is 0 Å². The summed E-state index contributed by atoms with van der Waals surface area (Å²) < 4.78 is 9.75. The summed E-state index contributed by atoms with van der Waals surface area (Å²) in [4.78, 5) is 25.4. The first-order valence-electron chi connectivity index (χ1n) is 9.08. The van der Waals surface area contributed by atoms with Crippen LogP contribution in [-0.4, -0.2) is 27.3 Å². The summed E-state index contributed by atoms with van der Waals surface area (Å²) in [6.07, 6.45) is 4.85. The Morgan fingerprint density at radius 1 is 1.34 bits per heavy atom. The van der Waals surface area contributed by atoms with Crippen LogP contribution in [0.2, 0.25) is 5.02 Å². The van der Waals surface area contributed by atoms with Crippen molar-refractivity contribution in [1.29, 1.82) is 0 Å². The van der Waals surface area contributed by atoms with Crippen molar-refractivity contribution in [1.82, 2.24) is 9.59 Å². The van der Waals surface area contributed by atoms with E-state index in [1.165, 1.54) is 28.9 Å². The molecular weight excluding hydrogens is 428 g/mol. The van der Waals surface area contributed by atoms with E-state index in [0.717, 1.165) is 20.9 Å². The smallest absolute Gasteiger partial charge is 0.169 e. The Morgan fingerprint density at radius 3 is 2.93 bits per heavy atom. The Bertz CT molecular complexity index is 1090. The molecule has 3 aromatic rings. The number of allylic oxidation sites excluding steroid dienone is 1. The predicted molar refractivity (Wildman–Crippen MR) is 116 cm³/mol. The van der Waals surface area contributed by atoms with Crippen molar-refractivity contribution >= 4 is 52.1 Å². The minimum absolute atomic E-state index is 0.0275. The van der Waals surface area contributed by atoms with E-state index in [0.29, 0.717) is 35.7 Å². The van der Waals surface area contributed by atoms with Gasteiger partial charge in [-0.15, -0.1) is 16.4 Å². The molecule has 148 valence electrons. The number of benzene rings is 1. The van der Waals surface area contributed by atoms with Gasteiger partial charge in [0.15, 0.2) is 11.6 Å². The molecule has 0 spiro atoms. The van der Waals surface area contributed by atoms with Gasteiger partial charge in [-0.1, -0.05) is 16.1 Å².